The molecule has 1 aromatic rings. The van der Waals surface area contributed by atoms with Crippen LogP contribution in [0.2, 0.25) is 0 Å². The maximum absolute atomic E-state index is 12.0. The van der Waals surface area contributed by atoms with Crippen LogP contribution in [0.5, 0.6) is 0 Å². The minimum atomic E-state index is 0.0812. The van der Waals surface area contributed by atoms with Gasteiger partial charge in [-0.2, -0.15) is 0 Å². The molecule has 0 spiro atoms. The fraction of sp³-hybridized carbons (Fsp3) is 0.692. The van der Waals surface area contributed by atoms with Crippen LogP contribution in [0.4, 0.5) is 0 Å². The van der Waals surface area contributed by atoms with Crippen LogP contribution >= 0.6 is 0 Å². The van der Waals surface area contributed by atoms with Crippen LogP contribution in [0.25, 0.3) is 0 Å². The van der Waals surface area contributed by atoms with Gasteiger partial charge in [0.15, 0.2) is 0 Å². The number of aryl methyl sites for hydroxylation is 1. The number of hydrogen-bond acceptors (Lipinski definition) is 4. The van der Waals surface area contributed by atoms with Crippen LogP contribution in [0.3, 0.4) is 0 Å². The van der Waals surface area contributed by atoms with E-state index < -0.39 is 0 Å². The van der Waals surface area contributed by atoms with E-state index in [-0.39, 0.29) is 5.78 Å². The Bertz CT molecular complexity index is 379. The molecule has 1 aliphatic carbocycles. The fourth-order valence-corrected chi connectivity index (χ4v) is 2.36. The standard InChI is InChI=1S/C13H20N2O2/c1-2-11-8-13(17-15-11)12(16)7-9-3-5-10(14)6-4-9/h8-10H,2-7,14H2,1H3. The lowest BCUT2D eigenvalue weighted by molar-refractivity contribution is 0.0911. The van der Waals surface area contributed by atoms with E-state index >= 15 is 0 Å². The Morgan fingerprint density at radius 2 is 2.18 bits per heavy atom. The molecule has 0 atom stereocenters. The molecule has 17 heavy (non-hydrogen) atoms. The summed E-state index contributed by atoms with van der Waals surface area (Å²) in [5, 5.41) is 3.85. The summed E-state index contributed by atoms with van der Waals surface area (Å²) in [5.74, 6) is 0.965. The second-order valence-electron chi connectivity index (χ2n) is 4.94. The first-order valence-corrected chi connectivity index (χ1v) is 6.43. The van der Waals surface area contributed by atoms with Crippen LogP contribution in [-0.4, -0.2) is 17.0 Å². The van der Waals surface area contributed by atoms with E-state index in [1.165, 1.54) is 0 Å². The highest BCUT2D eigenvalue weighted by atomic mass is 16.5. The van der Waals surface area contributed by atoms with Gasteiger partial charge in [-0.3, -0.25) is 4.79 Å². The molecule has 0 unspecified atom stereocenters. The molecule has 1 aromatic heterocycles. The number of ketones is 1. The predicted octanol–water partition coefficient (Wildman–Crippen LogP) is 2.33. The van der Waals surface area contributed by atoms with Crippen LogP contribution < -0.4 is 5.73 Å². The number of rotatable bonds is 4. The maximum Gasteiger partial charge on any atom is 0.202 e. The Morgan fingerprint density at radius 3 is 2.76 bits per heavy atom. The van der Waals surface area contributed by atoms with Gasteiger partial charge in [-0.15, -0.1) is 0 Å². The van der Waals surface area contributed by atoms with Crippen LogP contribution in [0.15, 0.2) is 10.6 Å². The van der Waals surface area contributed by atoms with Crippen LogP contribution in [0.1, 0.15) is 55.3 Å². The van der Waals surface area contributed by atoms with E-state index in [1.807, 2.05) is 6.92 Å². The molecular formula is C13H20N2O2. The van der Waals surface area contributed by atoms with Crippen molar-refractivity contribution in [3.8, 4) is 0 Å². The third-order valence-electron chi connectivity index (χ3n) is 3.56. The first-order valence-electron chi connectivity index (χ1n) is 6.43. The molecule has 1 heterocycles. The van der Waals surface area contributed by atoms with E-state index in [9.17, 15) is 4.79 Å². The average Bonchev–Trinajstić information content (AvgIpc) is 2.81. The molecule has 2 rings (SSSR count). The van der Waals surface area contributed by atoms with Gasteiger partial charge in [0.25, 0.3) is 0 Å². The van der Waals surface area contributed by atoms with Crippen LogP contribution in [0, 0.1) is 5.92 Å². The largest absolute Gasteiger partial charge is 0.353 e. The first-order chi connectivity index (χ1) is 8.19. The lowest BCUT2D eigenvalue weighted by atomic mass is 9.83. The lowest BCUT2D eigenvalue weighted by Gasteiger charge is -2.25. The maximum atomic E-state index is 12.0. The number of nitrogens with zero attached hydrogens (tertiary/aromatic N) is 1. The average molecular weight is 236 g/mol. The summed E-state index contributed by atoms with van der Waals surface area (Å²) in [5.41, 5.74) is 6.69. The number of hydrogen-bond donors (Lipinski definition) is 1. The highest BCUT2D eigenvalue weighted by molar-refractivity contribution is 5.93. The second kappa shape index (κ2) is 5.45. The summed E-state index contributed by atoms with van der Waals surface area (Å²) in [6.07, 6.45) is 5.56. The molecule has 94 valence electrons. The summed E-state index contributed by atoms with van der Waals surface area (Å²) in [4.78, 5) is 12.0. The van der Waals surface area contributed by atoms with Gasteiger partial charge in [0.2, 0.25) is 11.5 Å². The SMILES string of the molecule is CCc1cc(C(=O)CC2CCC(N)CC2)on1. The Hall–Kier alpha value is -1.16. The van der Waals surface area contributed by atoms with Crippen molar-refractivity contribution in [1.82, 2.24) is 5.16 Å². The summed E-state index contributed by atoms with van der Waals surface area (Å²) in [6.45, 7) is 1.99. The highest BCUT2D eigenvalue weighted by Gasteiger charge is 2.23. The first kappa shape index (κ1) is 12.3. The smallest absolute Gasteiger partial charge is 0.202 e. The third-order valence-corrected chi connectivity index (χ3v) is 3.56. The zero-order chi connectivity index (χ0) is 12.3. The van der Waals surface area contributed by atoms with E-state index in [0.717, 1.165) is 37.8 Å². The van der Waals surface area contributed by atoms with Gasteiger partial charge in [0, 0.05) is 18.5 Å². The van der Waals surface area contributed by atoms with Gasteiger partial charge in [-0.1, -0.05) is 12.1 Å². The summed E-state index contributed by atoms with van der Waals surface area (Å²) in [6, 6.07) is 2.09. The zero-order valence-corrected chi connectivity index (χ0v) is 10.3. The van der Waals surface area contributed by atoms with Gasteiger partial charge < -0.3 is 10.3 Å². The number of nitrogens with two attached hydrogens (primary N) is 1. The Kier molecular flexibility index (Phi) is 3.94. The van der Waals surface area contributed by atoms with Crippen molar-refractivity contribution < 1.29 is 9.32 Å². The summed E-state index contributed by atoms with van der Waals surface area (Å²) >= 11 is 0. The molecule has 2 N–H and O–H groups in total. The number of aromatic nitrogens is 1. The van der Waals surface area contributed by atoms with Gasteiger partial charge in [0.1, 0.15) is 0 Å². The molecule has 0 bridgehead atoms. The molecule has 1 aliphatic rings. The molecule has 4 nitrogen and oxygen atoms in total. The molecule has 0 aliphatic heterocycles. The van der Waals surface area contributed by atoms with E-state index in [2.05, 4.69) is 5.16 Å². The number of Topliss-reactive ketones (excluding diaryl/α,β-unsaturated/α-hetero) is 1. The second-order valence-corrected chi connectivity index (χ2v) is 4.94. The monoisotopic (exact) mass is 236 g/mol. The van der Waals surface area contributed by atoms with Gasteiger partial charge in [-0.05, 0) is 38.0 Å². The minimum Gasteiger partial charge on any atom is -0.353 e. The molecule has 0 radical (unpaired) electrons. The molecule has 4 heteroatoms. The van der Waals surface area contributed by atoms with Gasteiger partial charge >= 0.3 is 0 Å². The predicted molar refractivity (Wildman–Crippen MR) is 64.8 cm³/mol. The van der Waals surface area contributed by atoms with E-state index in [0.29, 0.717) is 24.1 Å². The van der Waals surface area contributed by atoms with Crippen molar-refractivity contribution in [2.45, 2.75) is 51.5 Å². The Balaban J connectivity index is 1.88. The Labute approximate surface area is 102 Å². The molecular weight excluding hydrogens is 216 g/mol. The normalized spacial score (nSPS) is 24.8. The van der Waals surface area contributed by atoms with Crippen molar-refractivity contribution in [3.05, 3.63) is 17.5 Å². The fourth-order valence-electron chi connectivity index (χ4n) is 2.36. The minimum absolute atomic E-state index is 0.0812. The summed E-state index contributed by atoms with van der Waals surface area (Å²) < 4.78 is 5.06. The van der Waals surface area contributed by atoms with Crippen molar-refractivity contribution in [1.29, 1.82) is 0 Å². The van der Waals surface area contributed by atoms with Crippen molar-refractivity contribution in [2.24, 2.45) is 11.7 Å². The molecule has 0 amide bonds. The van der Waals surface area contributed by atoms with Crippen molar-refractivity contribution >= 4 is 5.78 Å². The topological polar surface area (TPSA) is 69.1 Å². The molecule has 0 saturated heterocycles. The van der Waals surface area contributed by atoms with Gasteiger partial charge in [-0.25, -0.2) is 0 Å². The molecule has 1 saturated carbocycles. The summed E-state index contributed by atoms with van der Waals surface area (Å²) in [7, 11) is 0. The third kappa shape index (κ3) is 3.16. The van der Waals surface area contributed by atoms with E-state index in [1.54, 1.807) is 6.07 Å². The lowest BCUT2D eigenvalue weighted by Crippen LogP contribution is -2.27. The van der Waals surface area contributed by atoms with Crippen LogP contribution in [-0.2, 0) is 6.42 Å². The Morgan fingerprint density at radius 1 is 1.47 bits per heavy atom. The number of carbonyl (C=O) groups is 1. The molecule has 1 fully saturated rings. The zero-order valence-electron chi connectivity index (χ0n) is 10.3. The van der Waals surface area contributed by atoms with Gasteiger partial charge in [0.05, 0.1) is 5.69 Å². The van der Waals surface area contributed by atoms with Crippen molar-refractivity contribution in [3.63, 3.8) is 0 Å². The molecule has 0 aromatic carbocycles. The highest BCUT2D eigenvalue weighted by Crippen LogP contribution is 2.27. The van der Waals surface area contributed by atoms with E-state index in [4.69, 9.17) is 10.3 Å². The quantitative estimate of drug-likeness (QED) is 0.814. The number of carbonyl (C=O) groups excluding carboxylic acids is 1. The van der Waals surface area contributed by atoms with Crippen molar-refractivity contribution in [2.75, 3.05) is 0 Å².